The second-order valence-corrected chi connectivity index (χ2v) is 5.97. The van der Waals surface area contributed by atoms with Crippen molar-refractivity contribution in [2.75, 3.05) is 20.8 Å². The summed E-state index contributed by atoms with van der Waals surface area (Å²) < 4.78 is 24.0. The van der Waals surface area contributed by atoms with Gasteiger partial charge in [0.2, 0.25) is 0 Å². The van der Waals surface area contributed by atoms with Crippen molar-refractivity contribution in [3.05, 3.63) is 59.4 Å². The highest BCUT2D eigenvalue weighted by Crippen LogP contribution is 2.50. The standard InChI is InChI=1S/C19H22FNO2.ClH/c1-22-16-5-3-4-13(8-16)11-21-12-14-9-17(14)18-10-15(20)6-7-19(18)23-2;/h3-8,10,14,17,21H,9,11-12H2,1-2H3;1H/t14-,17+;/m0./s1. The van der Waals surface area contributed by atoms with Crippen LogP contribution in [0.15, 0.2) is 42.5 Å². The molecule has 0 spiro atoms. The Labute approximate surface area is 148 Å². The van der Waals surface area contributed by atoms with Crippen molar-refractivity contribution < 1.29 is 13.9 Å². The molecule has 130 valence electrons. The van der Waals surface area contributed by atoms with Crippen LogP contribution in [0.1, 0.15) is 23.5 Å². The van der Waals surface area contributed by atoms with Crippen LogP contribution in [0, 0.1) is 11.7 Å². The smallest absolute Gasteiger partial charge is 0.123 e. The van der Waals surface area contributed by atoms with Gasteiger partial charge >= 0.3 is 0 Å². The molecule has 0 aliphatic heterocycles. The number of hydrogen-bond acceptors (Lipinski definition) is 3. The molecular formula is C19H23ClFNO2. The Balaban J connectivity index is 0.00000208. The van der Waals surface area contributed by atoms with Gasteiger partial charge in [0, 0.05) is 12.1 Å². The third-order valence-electron chi connectivity index (χ3n) is 4.38. The summed E-state index contributed by atoms with van der Waals surface area (Å²) in [5, 5.41) is 3.48. The SMILES string of the molecule is COc1cccc(CNC[C@@H]2C[C@H]2c2cc(F)ccc2OC)c1.Cl. The van der Waals surface area contributed by atoms with Gasteiger partial charge < -0.3 is 14.8 Å². The van der Waals surface area contributed by atoms with E-state index in [1.807, 2.05) is 18.2 Å². The van der Waals surface area contributed by atoms with Crippen LogP contribution in [-0.4, -0.2) is 20.8 Å². The molecule has 3 rings (SSSR count). The molecule has 1 N–H and O–H groups in total. The predicted molar refractivity (Wildman–Crippen MR) is 95.7 cm³/mol. The summed E-state index contributed by atoms with van der Waals surface area (Å²) in [6.07, 6.45) is 1.07. The van der Waals surface area contributed by atoms with Crippen molar-refractivity contribution in [3.63, 3.8) is 0 Å². The Hall–Kier alpha value is -1.78. The molecule has 5 heteroatoms. The van der Waals surface area contributed by atoms with Crippen molar-refractivity contribution >= 4 is 12.4 Å². The topological polar surface area (TPSA) is 30.5 Å². The van der Waals surface area contributed by atoms with Crippen molar-refractivity contribution in [2.24, 2.45) is 5.92 Å². The maximum atomic E-state index is 13.5. The highest BCUT2D eigenvalue weighted by molar-refractivity contribution is 5.85. The minimum Gasteiger partial charge on any atom is -0.497 e. The maximum Gasteiger partial charge on any atom is 0.123 e. The van der Waals surface area contributed by atoms with Gasteiger partial charge in [-0.1, -0.05) is 12.1 Å². The van der Waals surface area contributed by atoms with Gasteiger partial charge in [0.1, 0.15) is 17.3 Å². The Bertz CT molecular complexity index is 680. The number of nitrogens with one attached hydrogen (secondary N) is 1. The van der Waals surface area contributed by atoms with E-state index in [1.165, 1.54) is 11.6 Å². The van der Waals surface area contributed by atoms with Crippen LogP contribution < -0.4 is 14.8 Å². The molecule has 2 aromatic rings. The zero-order valence-electron chi connectivity index (χ0n) is 13.9. The summed E-state index contributed by atoms with van der Waals surface area (Å²) in [4.78, 5) is 0. The van der Waals surface area contributed by atoms with Gasteiger partial charge in [0.05, 0.1) is 14.2 Å². The van der Waals surface area contributed by atoms with Gasteiger partial charge in [0.25, 0.3) is 0 Å². The number of halogens is 2. The first-order valence-electron chi connectivity index (χ1n) is 7.88. The van der Waals surface area contributed by atoms with Crippen LogP contribution in [0.4, 0.5) is 4.39 Å². The van der Waals surface area contributed by atoms with E-state index >= 15 is 0 Å². The van der Waals surface area contributed by atoms with E-state index in [2.05, 4.69) is 11.4 Å². The number of methoxy groups -OCH3 is 2. The van der Waals surface area contributed by atoms with Crippen molar-refractivity contribution in [1.82, 2.24) is 5.32 Å². The van der Waals surface area contributed by atoms with Gasteiger partial charge in [-0.25, -0.2) is 4.39 Å². The molecule has 0 aromatic heterocycles. The van der Waals surface area contributed by atoms with Gasteiger partial charge in [-0.2, -0.15) is 0 Å². The van der Waals surface area contributed by atoms with Crippen LogP contribution >= 0.6 is 12.4 Å². The lowest BCUT2D eigenvalue weighted by molar-refractivity contribution is 0.407. The highest BCUT2D eigenvalue weighted by Gasteiger charge is 2.39. The second-order valence-electron chi connectivity index (χ2n) is 5.97. The van der Waals surface area contributed by atoms with E-state index in [0.29, 0.717) is 11.8 Å². The molecule has 1 aliphatic rings. The minimum absolute atomic E-state index is 0. The van der Waals surface area contributed by atoms with E-state index < -0.39 is 0 Å². The van der Waals surface area contributed by atoms with Crippen molar-refractivity contribution in [3.8, 4) is 11.5 Å². The number of benzene rings is 2. The van der Waals surface area contributed by atoms with Crippen LogP contribution in [0.5, 0.6) is 11.5 Å². The molecule has 0 bridgehead atoms. The van der Waals surface area contributed by atoms with Gasteiger partial charge in [-0.3, -0.25) is 0 Å². The summed E-state index contributed by atoms with van der Waals surface area (Å²) in [6, 6.07) is 12.8. The number of hydrogen-bond donors (Lipinski definition) is 1. The first kappa shape index (κ1) is 18.6. The summed E-state index contributed by atoms with van der Waals surface area (Å²) in [5.41, 5.74) is 2.19. The van der Waals surface area contributed by atoms with E-state index in [-0.39, 0.29) is 18.2 Å². The molecule has 2 aromatic carbocycles. The summed E-state index contributed by atoms with van der Waals surface area (Å²) in [5.74, 6) is 2.38. The Morgan fingerprint density at radius 3 is 2.71 bits per heavy atom. The first-order valence-corrected chi connectivity index (χ1v) is 7.88. The molecule has 3 nitrogen and oxygen atoms in total. The quantitative estimate of drug-likeness (QED) is 0.812. The van der Waals surface area contributed by atoms with E-state index in [1.54, 1.807) is 26.4 Å². The monoisotopic (exact) mass is 351 g/mol. The molecule has 1 saturated carbocycles. The lowest BCUT2D eigenvalue weighted by Crippen LogP contribution is -2.16. The van der Waals surface area contributed by atoms with Gasteiger partial charge in [-0.05, 0) is 60.7 Å². The minimum atomic E-state index is -0.198. The van der Waals surface area contributed by atoms with Crippen LogP contribution in [0.3, 0.4) is 0 Å². The predicted octanol–water partition coefficient (Wildman–Crippen LogP) is 4.16. The van der Waals surface area contributed by atoms with Crippen molar-refractivity contribution in [2.45, 2.75) is 18.9 Å². The third-order valence-corrected chi connectivity index (χ3v) is 4.38. The molecule has 2 atom stereocenters. The third kappa shape index (κ3) is 4.40. The molecule has 1 fully saturated rings. The zero-order valence-corrected chi connectivity index (χ0v) is 14.7. The van der Waals surface area contributed by atoms with Gasteiger partial charge in [0.15, 0.2) is 0 Å². The molecule has 0 heterocycles. The van der Waals surface area contributed by atoms with E-state index in [9.17, 15) is 4.39 Å². The van der Waals surface area contributed by atoms with E-state index in [0.717, 1.165) is 36.6 Å². The fraction of sp³-hybridized carbons (Fsp3) is 0.368. The fourth-order valence-electron chi connectivity index (χ4n) is 3.03. The molecule has 1 aliphatic carbocycles. The average molecular weight is 352 g/mol. The normalized spacial score (nSPS) is 18.6. The Kier molecular flexibility index (Phi) is 6.46. The molecule has 0 unspecified atom stereocenters. The summed E-state index contributed by atoms with van der Waals surface area (Å²) in [7, 11) is 3.31. The molecule has 0 radical (unpaired) electrons. The van der Waals surface area contributed by atoms with Crippen LogP contribution in [-0.2, 0) is 6.54 Å². The first-order chi connectivity index (χ1) is 11.2. The number of ether oxygens (including phenoxy) is 2. The lowest BCUT2D eigenvalue weighted by Gasteiger charge is -2.09. The fourth-order valence-corrected chi connectivity index (χ4v) is 3.03. The van der Waals surface area contributed by atoms with Crippen molar-refractivity contribution in [1.29, 1.82) is 0 Å². The zero-order chi connectivity index (χ0) is 16.2. The van der Waals surface area contributed by atoms with Crippen LogP contribution in [0.2, 0.25) is 0 Å². The van der Waals surface area contributed by atoms with Crippen LogP contribution in [0.25, 0.3) is 0 Å². The van der Waals surface area contributed by atoms with Gasteiger partial charge in [-0.15, -0.1) is 12.4 Å². The second kappa shape index (κ2) is 8.36. The highest BCUT2D eigenvalue weighted by atomic mass is 35.5. The Morgan fingerprint density at radius 1 is 1.12 bits per heavy atom. The average Bonchev–Trinajstić information content (AvgIpc) is 3.34. The molecule has 24 heavy (non-hydrogen) atoms. The Morgan fingerprint density at radius 2 is 1.96 bits per heavy atom. The summed E-state index contributed by atoms with van der Waals surface area (Å²) in [6.45, 7) is 1.72. The summed E-state index contributed by atoms with van der Waals surface area (Å²) >= 11 is 0. The largest absolute Gasteiger partial charge is 0.497 e. The molecule has 0 saturated heterocycles. The van der Waals surface area contributed by atoms with E-state index in [4.69, 9.17) is 9.47 Å². The molecule has 0 amide bonds. The maximum absolute atomic E-state index is 13.5. The number of rotatable bonds is 7. The molecular weight excluding hydrogens is 329 g/mol. The lowest BCUT2D eigenvalue weighted by atomic mass is 10.1.